The Morgan fingerprint density at radius 3 is 2.66 bits per heavy atom. The van der Waals surface area contributed by atoms with Gasteiger partial charge < -0.3 is 19.5 Å². The highest BCUT2D eigenvalue weighted by atomic mass is 35.5. The first kappa shape index (κ1) is 27.9. The molecule has 0 fully saturated rings. The molecule has 2 aromatic carbocycles. The molecule has 38 heavy (non-hydrogen) atoms. The number of hydrogen-bond acceptors (Lipinski definition) is 8. The second-order valence-corrected chi connectivity index (χ2v) is 10.1. The molecular weight excluding hydrogens is 524 g/mol. The zero-order chi connectivity index (χ0) is 27.1. The predicted molar refractivity (Wildman–Crippen MR) is 150 cm³/mol. The molecule has 0 radical (unpaired) electrons. The van der Waals surface area contributed by atoms with E-state index in [2.05, 4.69) is 17.2 Å². The van der Waals surface area contributed by atoms with Crippen molar-refractivity contribution in [1.82, 2.24) is 14.8 Å². The summed E-state index contributed by atoms with van der Waals surface area (Å²) in [5.41, 5.74) is 2.83. The molecule has 0 spiro atoms. The Hall–Kier alpha value is -3.17. The van der Waals surface area contributed by atoms with Crippen LogP contribution < -0.4 is 14.8 Å². The third kappa shape index (κ3) is 6.27. The highest BCUT2D eigenvalue weighted by molar-refractivity contribution is 7.99. The van der Waals surface area contributed by atoms with Gasteiger partial charge in [-0.3, -0.25) is 0 Å². The molecule has 1 aliphatic rings. The number of nitrogens with one attached hydrogen (secondary N) is 1. The van der Waals surface area contributed by atoms with Crippen LogP contribution in [0.15, 0.2) is 58.9 Å². The largest absolute Gasteiger partial charge is 0.490 e. The van der Waals surface area contributed by atoms with Crippen LogP contribution in [0.5, 0.6) is 11.5 Å². The first-order valence-electron chi connectivity index (χ1n) is 12.8. The maximum absolute atomic E-state index is 13.1. The number of carbonyl (C=O) groups excluding carboxylic acids is 1. The van der Waals surface area contributed by atoms with Crippen molar-refractivity contribution < 1.29 is 19.0 Å². The third-order valence-electron chi connectivity index (χ3n) is 5.98. The minimum absolute atomic E-state index is 0.268. The summed E-state index contributed by atoms with van der Waals surface area (Å²) in [6.07, 6.45) is 2.17. The van der Waals surface area contributed by atoms with Crippen molar-refractivity contribution in [1.29, 1.82) is 0 Å². The van der Waals surface area contributed by atoms with E-state index in [1.165, 1.54) is 0 Å². The number of rotatable bonds is 12. The lowest BCUT2D eigenvalue weighted by Crippen LogP contribution is -2.29. The molecule has 1 N–H and O–H groups in total. The van der Waals surface area contributed by atoms with E-state index in [9.17, 15) is 4.79 Å². The summed E-state index contributed by atoms with van der Waals surface area (Å²) in [6.45, 7) is 8.73. The minimum atomic E-state index is -0.546. The van der Waals surface area contributed by atoms with Crippen LogP contribution in [-0.4, -0.2) is 39.7 Å². The highest BCUT2D eigenvalue weighted by Gasteiger charge is 2.35. The van der Waals surface area contributed by atoms with Crippen molar-refractivity contribution in [3.63, 3.8) is 0 Å². The van der Waals surface area contributed by atoms with Crippen molar-refractivity contribution in [2.24, 2.45) is 0 Å². The SMILES string of the molecule is CCCCSc1nc2n(n1)C(c1ccc(OCc3ccccc3Cl)c(OCC)c1)C(C(=O)OCC)=C(C)N2. The van der Waals surface area contributed by atoms with Crippen LogP contribution in [0.25, 0.3) is 0 Å². The fraction of sp³-hybridized carbons (Fsp3) is 0.393. The number of allylic oxidation sites excluding steroid dienone is 1. The van der Waals surface area contributed by atoms with Gasteiger partial charge in [-0.1, -0.05) is 61.0 Å². The number of carbonyl (C=O) groups is 1. The standard InChI is InChI=1S/C28H33ClN4O4S/c1-5-8-15-38-28-31-27-30-18(4)24(26(34)36-7-3)25(33(27)32-28)19-13-14-22(23(16-19)35-6-2)37-17-20-11-9-10-12-21(20)29/h9-14,16,25H,5-8,15,17H2,1-4H3,(H,30,31,32). The van der Waals surface area contributed by atoms with Crippen molar-refractivity contribution in [3.8, 4) is 11.5 Å². The highest BCUT2D eigenvalue weighted by Crippen LogP contribution is 2.40. The lowest BCUT2D eigenvalue weighted by Gasteiger charge is -2.28. The predicted octanol–water partition coefficient (Wildman–Crippen LogP) is 6.65. The number of esters is 1. The van der Waals surface area contributed by atoms with Gasteiger partial charge in [0.2, 0.25) is 11.1 Å². The van der Waals surface area contributed by atoms with E-state index in [0.717, 1.165) is 29.7 Å². The van der Waals surface area contributed by atoms with Gasteiger partial charge in [0.25, 0.3) is 0 Å². The first-order chi connectivity index (χ1) is 18.5. The van der Waals surface area contributed by atoms with Crippen molar-refractivity contribution in [2.75, 3.05) is 24.3 Å². The average Bonchev–Trinajstić information content (AvgIpc) is 3.30. The molecule has 1 unspecified atom stereocenters. The van der Waals surface area contributed by atoms with E-state index in [-0.39, 0.29) is 6.61 Å². The van der Waals surface area contributed by atoms with E-state index in [4.69, 9.17) is 30.9 Å². The van der Waals surface area contributed by atoms with Gasteiger partial charge in [-0.2, -0.15) is 4.98 Å². The summed E-state index contributed by atoms with van der Waals surface area (Å²) in [6, 6.07) is 12.7. The molecule has 4 rings (SSSR count). The van der Waals surface area contributed by atoms with E-state index in [1.54, 1.807) is 23.4 Å². The summed E-state index contributed by atoms with van der Waals surface area (Å²) in [5, 5.41) is 9.31. The molecule has 10 heteroatoms. The topological polar surface area (TPSA) is 87.5 Å². The van der Waals surface area contributed by atoms with Crippen LogP contribution in [0.3, 0.4) is 0 Å². The number of ether oxygens (including phenoxy) is 3. The lowest BCUT2D eigenvalue weighted by atomic mass is 9.95. The maximum Gasteiger partial charge on any atom is 0.338 e. The zero-order valence-corrected chi connectivity index (χ0v) is 23.7. The van der Waals surface area contributed by atoms with E-state index >= 15 is 0 Å². The number of aromatic nitrogens is 3. The third-order valence-corrected chi connectivity index (χ3v) is 7.27. The molecular formula is C28H33ClN4O4S. The maximum atomic E-state index is 13.1. The molecule has 202 valence electrons. The Labute approximate surface area is 232 Å². The van der Waals surface area contributed by atoms with Gasteiger partial charge >= 0.3 is 5.97 Å². The van der Waals surface area contributed by atoms with Crippen LogP contribution in [0.2, 0.25) is 5.02 Å². The second-order valence-electron chi connectivity index (χ2n) is 8.67. The molecule has 0 amide bonds. The van der Waals surface area contributed by atoms with Crippen LogP contribution >= 0.6 is 23.4 Å². The van der Waals surface area contributed by atoms with Gasteiger partial charge in [-0.05, 0) is 51.0 Å². The normalized spacial score (nSPS) is 14.6. The van der Waals surface area contributed by atoms with Gasteiger partial charge in [0.05, 0.1) is 18.8 Å². The van der Waals surface area contributed by atoms with Crippen LogP contribution in [0, 0.1) is 0 Å². The number of thioether (sulfide) groups is 1. The Bertz CT molecular complexity index is 1310. The molecule has 2 heterocycles. The van der Waals surface area contributed by atoms with E-state index < -0.39 is 12.0 Å². The monoisotopic (exact) mass is 556 g/mol. The van der Waals surface area contributed by atoms with Crippen LogP contribution in [0.4, 0.5) is 5.95 Å². The number of fused-ring (bicyclic) bond motifs is 1. The first-order valence-corrected chi connectivity index (χ1v) is 14.2. The van der Waals surface area contributed by atoms with Crippen molar-refractivity contribution in [2.45, 2.75) is 58.3 Å². The number of unbranched alkanes of at least 4 members (excludes halogenated alkanes) is 1. The number of nitrogens with zero attached hydrogens (tertiary/aromatic N) is 3. The van der Waals surface area contributed by atoms with Crippen LogP contribution in [-0.2, 0) is 16.1 Å². The molecule has 8 nitrogen and oxygen atoms in total. The minimum Gasteiger partial charge on any atom is -0.490 e. The van der Waals surface area contributed by atoms with Gasteiger partial charge in [-0.15, -0.1) is 5.10 Å². The van der Waals surface area contributed by atoms with E-state index in [1.807, 2.05) is 56.3 Å². The molecule has 1 aromatic heterocycles. The fourth-order valence-corrected chi connectivity index (χ4v) is 5.24. The van der Waals surface area contributed by atoms with Gasteiger partial charge in [0.1, 0.15) is 12.6 Å². The molecule has 1 atom stereocenters. The molecule has 1 aliphatic heterocycles. The summed E-state index contributed by atoms with van der Waals surface area (Å²) >= 11 is 7.91. The van der Waals surface area contributed by atoms with E-state index in [0.29, 0.717) is 52.1 Å². The summed E-state index contributed by atoms with van der Waals surface area (Å²) in [7, 11) is 0. The van der Waals surface area contributed by atoms with Crippen molar-refractivity contribution in [3.05, 3.63) is 69.9 Å². The van der Waals surface area contributed by atoms with Crippen molar-refractivity contribution >= 4 is 35.3 Å². The fourth-order valence-electron chi connectivity index (χ4n) is 4.13. The number of halogens is 1. The van der Waals surface area contributed by atoms with Gasteiger partial charge in [0.15, 0.2) is 11.5 Å². The van der Waals surface area contributed by atoms with Gasteiger partial charge in [-0.25, -0.2) is 9.48 Å². The quantitative estimate of drug-likeness (QED) is 0.151. The molecule has 0 bridgehead atoms. The molecule has 0 aliphatic carbocycles. The summed E-state index contributed by atoms with van der Waals surface area (Å²) in [4.78, 5) is 17.8. The average molecular weight is 557 g/mol. The Morgan fingerprint density at radius 1 is 1.11 bits per heavy atom. The number of anilines is 1. The number of benzene rings is 2. The van der Waals surface area contributed by atoms with Crippen LogP contribution in [0.1, 0.15) is 57.7 Å². The summed E-state index contributed by atoms with van der Waals surface area (Å²) < 4.78 is 19.2. The zero-order valence-electron chi connectivity index (χ0n) is 22.1. The number of hydrogen-bond donors (Lipinski definition) is 1. The lowest BCUT2D eigenvalue weighted by molar-refractivity contribution is -0.139. The molecule has 0 saturated carbocycles. The summed E-state index contributed by atoms with van der Waals surface area (Å²) in [5.74, 6) is 2.25. The smallest absolute Gasteiger partial charge is 0.338 e. The Balaban J connectivity index is 1.71. The Morgan fingerprint density at radius 2 is 1.92 bits per heavy atom. The second kappa shape index (κ2) is 13.1. The Kier molecular flexibility index (Phi) is 9.58. The molecule has 0 saturated heterocycles. The van der Waals surface area contributed by atoms with Gasteiger partial charge in [0, 0.05) is 22.0 Å². The molecule has 3 aromatic rings.